The number of hydrogen-bond acceptors (Lipinski definition) is 2. The van der Waals surface area contributed by atoms with E-state index < -0.39 is 0 Å². The fourth-order valence-electron chi connectivity index (χ4n) is 3.30. The van der Waals surface area contributed by atoms with Crippen molar-refractivity contribution in [2.24, 2.45) is 11.7 Å². The first-order valence-electron chi connectivity index (χ1n) is 6.22. The second kappa shape index (κ2) is 4.19. The average molecular weight is 196 g/mol. The first kappa shape index (κ1) is 10.4. The Labute approximate surface area is 87.8 Å². The molecule has 2 aliphatic rings. The highest BCUT2D eigenvalue weighted by Crippen LogP contribution is 2.36. The molecule has 82 valence electrons. The summed E-state index contributed by atoms with van der Waals surface area (Å²) in [4.78, 5) is 2.70. The summed E-state index contributed by atoms with van der Waals surface area (Å²) < 4.78 is 0. The highest BCUT2D eigenvalue weighted by Gasteiger charge is 2.39. The Bertz CT molecular complexity index is 185. The normalized spacial score (nSPS) is 33.4. The fourth-order valence-corrected chi connectivity index (χ4v) is 3.30. The van der Waals surface area contributed by atoms with Gasteiger partial charge in [-0.2, -0.15) is 0 Å². The molecule has 1 atom stereocenters. The standard InChI is InChI=1S/C12H24N2/c1-11-5-4-8-14(9-11)12(10-13)6-2-3-7-12/h11H,2-10,13H2,1H3. The van der Waals surface area contributed by atoms with Crippen molar-refractivity contribution in [3.8, 4) is 0 Å². The minimum atomic E-state index is 0.397. The zero-order valence-corrected chi connectivity index (χ0v) is 9.47. The van der Waals surface area contributed by atoms with Crippen LogP contribution in [0.1, 0.15) is 45.4 Å². The predicted molar refractivity (Wildman–Crippen MR) is 60.2 cm³/mol. The van der Waals surface area contributed by atoms with Gasteiger partial charge in [-0.05, 0) is 38.1 Å². The zero-order valence-electron chi connectivity index (χ0n) is 9.47. The van der Waals surface area contributed by atoms with E-state index in [0.29, 0.717) is 5.54 Å². The third-order valence-corrected chi connectivity index (χ3v) is 4.24. The zero-order chi connectivity index (χ0) is 10.0. The van der Waals surface area contributed by atoms with E-state index in [1.54, 1.807) is 0 Å². The summed E-state index contributed by atoms with van der Waals surface area (Å²) >= 11 is 0. The summed E-state index contributed by atoms with van der Waals surface area (Å²) in [5.41, 5.74) is 6.40. The van der Waals surface area contributed by atoms with Crippen molar-refractivity contribution < 1.29 is 0 Å². The van der Waals surface area contributed by atoms with Gasteiger partial charge < -0.3 is 5.73 Å². The van der Waals surface area contributed by atoms with E-state index in [4.69, 9.17) is 5.73 Å². The Kier molecular flexibility index (Phi) is 3.13. The molecule has 1 aliphatic heterocycles. The summed E-state index contributed by atoms with van der Waals surface area (Å²) in [6.07, 6.45) is 8.26. The molecule has 2 N–H and O–H groups in total. The first-order chi connectivity index (χ1) is 6.77. The lowest BCUT2D eigenvalue weighted by Gasteiger charge is -2.44. The van der Waals surface area contributed by atoms with Crippen LogP contribution >= 0.6 is 0 Å². The Morgan fingerprint density at radius 2 is 2.00 bits per heavy atom. The molecule has 14 heavy (non-hydrogen) atoms. The first-order valence-corrected chi connectivity index (χ1v) is 6.22. The Morgan fingerprint density at radius 3 is 2.57 bits per heavy atom. The number of nitrogens with two attached hydrogens (primary N) is 1. The van der Waals surface area contributed by atoms with E-state index in [1.807, 2.05) is 0 Å². The molecule has 0 spiro atoms. The second-order valence-electron chi connectivity index (χ2n) is 5.33. The molecule has 2 nitrogen and oxygen atoms in total. The molecule has 0 aromatic rings. The van der Waals surface area contributed by atoms with Gasteiger partial charge in [0.2, 0.25) is 0 Å². The van der Waals surface area contributed by atoms with Crippen molar-refractivity contribution in [1.82, 2.24) is 4.90 Å². The van der Waals surface area contributed by atoms with Crippen LogP contribution in [0.3, 0.4) is 0 Å². The summed E-state index contributed by atoms with van der Waals surface area (Å²) in [6, 6.07) is 0. The molecule has 1 saturated carbocycles. The molecule has 1 aliphatic carbocycles. The molecule has 1 unspecified atom stereocenters. The Hall–Kier alpha value is -0.0800. The van der Waals surface area contributed by atoms with Gasteiger partial charge in [-0.15, -0.1) is 0 Å². The van der Waals surface area contributed by atoms with E-state index in [0.717, 1.165) is 12.5 Å². The molecule has 2 fully saturated rings. The molecule has 0 amide bonds. The van der Waals surface area contributed by atoms with Crippen LogP contribution in [0.15, 0.2) is 0 Å². The minimum Gasteiger partial charge on any atom is -0.329 e. The molecule has 1 heterocycles. The highest BCUT2D eigenvalue weighted by atomic mass is 15.2. The number of likely N-dealkylation sites (tertiary alicyclic amines) is 1. The van der Waals surface area contributed by atoms with Gasteiger partial charge in [-0.25, -0.2) is 0 Å². The van der Waals surface area contributed by atoms with E-state index in [1.165, 1.54) is 51.6 Å². The topological polar surface area (TPSA) is 29.3 Å². The van der Waals surface area contributed by atoms with Gasteiger partial charge in [0.1, 0.15) is 0 Å². The Balaban J connectivity index is 2.03. The van der Waals surface area contributed by atoms with Crippen LogP contribution in [0.5, 0.6) is 0 Å². The minimum absolute atomic E-state index is 0.397. The van der Waals surface area contributed by atoms with Crippen molar-refractivity contribution in [3.63, 3.8) is 0 Å². The van der Waals surface area contributed by atoms with Crippen molar-refractivity contribution in [1.29, 1.82) is 0 Å². The van der Waals surface area contributed by atoms with Crippen LogP contribution in [-0.4, -0.2) is 30.1 Å². The molecule has 0 aromatic carbocycles. The number of nitrogens with zero attached hydrogens (tertiary/aromatic N) is 1. The molecule has 1 saturated heterocycles. The van der Waals surface area contributed by atoms with Crippen LogP contribution in [0, 0.1) is 5.92 Å². The lowest BCUT2D eigenvalue weighted by molar-refractivity contribution is 0.0557. The number of hydrogen-bond donors (Lipinski definition) is 1. The van der Waals surface area contributed by atoms with Gasteiger partial charge in [0, 0.05) is 18.6 Å². The van der Waals surface area contributed by atoms with Crippen molar-refractivity contribution in [2.45, 2.75) is 51.0 Å². The SMILES string of the molecule is CC1CCCN(C2(CN)CCCC2)C1. The summed E-state index contributed by atoms with van der Waals surface area (Å²) in [5, 5.41) is 0. The van der Waals surface area contributed by atoms with E-state index in [-0.39, 0.29) is 0 Å². The molecule has 0 radical (unpaired) electrons. The third kappa shape index (κ3) is 1.82. The third-order valence-electron chi connectivity index (χ3n) is 4.24. The summed E-state index contributed by atoms with van der Waals surface area (Å²) in [7, 11) is 0. The molecule has 2 heteroatoms. The quantitative estimate of drug-likeness (QED) is 0.732. The predicted octanol–water partition coefficient (Wildman–Crippen LogP) is 1.99. The van der Waals surface area contributed by atoms with Crippen LogP contribution < -0.4 is 5.73 Å². The average Bonchev–Trinajstić information content (AvgIpc) is 2.67. The lowest BCUT2D eigenvalue weighted by Crippen LogP contribution is -2.55. The second-order valence-corrected chi connectivity index (χ2v) is 5.33. The van der Waals surface area contributed by atoms with E-state index in [9.17, 15) is 0 Å². The molecule has 0 bridgehead atoms. The van der Waals surface area contributed by atoms with Gasteiger partial charge in [0.15, 0.2) is 0 Å². The summed E-state index contributed by atoms with van der Waals surface area (Å²) in [6.45, 7) is 5.84. The number of piperidine rings is 1. The van der Waals surface area contributed by atoms with Crippen LogP contribution in [0.2, 0.25) is 0 Å². The Morgan fingerprint density at radius 1 is 1.29 bits per heavy atom. The van der Waals surface area contributed by atoms with Crippen molar-refractivity contribution in [3.05, 3.63) is 0 Å². The van der Waals surface area contributed by atoms with Crippen LogP contribution in [0.25, 0.3) is 0 Å². The van der Waals surface area contributed by atoms with Crippen molar-refractivity contribution in [2.75, 3.05) is 19.6 Å². The lowest BCUT2D eigenvalue weighted by atomic mass is 9.89. The molecule has 0 aromatic heterocycles. The highest BCUT2D eigenvalue weighted by molar-refractivity contribution is 4.97. The molecular formula is C12H24N2. The maximum atomic E-state index is 6.00. The largest absolute Gasteiger partial charge is 0.329 e. The van der Waals surface area contributed by atoms with Gasteiger partial charge in [-0.3, -0.25) is 4.90 Å². The smallest absolute Gasteiger partial charge is 0.0331 e. The molecule has 2 rings (SSSR count). The van der Waals surface area contributed by atoms with Gasteiger partial charge in [0.05, 0.1) is 0 Å². The van der Waals surface area contributed by atoms with Gasteiger partial charge >= 0.3 is 0 Å². The monoisotopic (exact) mass is 196 g/mol. The maximum absolute atomic E-state index is 6.00. The van der Waals surface area contributed by atoms with Gasteiger partial charge in [0.25, 0.3) is 0 Å². The van der Waals surface area contributed by atoms with E-state index in [2.05, 4.69) is 11.8 Å². The number of rotatable bonds is 2. The summed E-state index contributed by atoms with van der Waals surface area (Å²) in [5.74, 6) is 0.882. The van der Waals surface area contributed by atoms with Crippen LogP contribution in [0.4, 0.5) is 0 Å². The van der Waals surface area contributed by atoms with Crippen molar-refractivity contribution >= 4 is 0 Å². The molecular weight excluding hydrogens is 172 g/mol. The van der Waals surface area contributed by atoms with E-state index >= 15 is 0 Å². The van der Waals surface area contributed by atoms with Crippen LogP contribution in [-0.2, 0) is 0 Å². The maximum Gasteiger partial charge on any atom is 0.0331 e. The fraction of sp³-hybridized carbons (Fsp3) is 1.00. The van der Waals surface area contributed by atoms with Gasteiger partial charge in [-0.1, -0.05) is 19.8 Å².